The minimum absolute atomic E-state index is 0.0203. The van der Waals surface area contributed by atoms with E-state index in [1.807, 2.05) is 31.2 Å². The van der Waals surface area contributed by atoms with Crippen molar-refractivity contribution in [3.8, 4) is 0 Å². The molecule has 2 aromatic heterocycles. The van der Waals surface area contributed by atoms with Crippen molar-refractivity contribution >= 4 is 17.1 Å². The van der Waals surface area contributed by atoms with Crippen molar-refractivity contribution in [2.45, 2.75) is 32.4 Å². The van der Waals surface area contributed by atoms with Gasteiger partial charge in [0.05, 0.1) is 12.4 Å². The first kappa shape index (κ1) is 18.2. The lowest BCUT2D eigenvalue weighted by Crippen LogP contribution is -2.44. The summed E-state index contributed by atoms with van der Waals surface area (Å²) in [6.45, 7) is 2.38. The number of nitrogens with zero attached hydrogens (tertiary/aromatic N) is 5. The number of likely N-dealkylation sites (tertiary alicyclic amines) is 1. The van der Waals surface area contributed by atoms with Crippen LogP contribution < -0.4 is 11.2 Å². The summed E-state index contributed by atoms with van der Waals surface area (Å²) in [6.07, 6.45) is 3.27. The van der Waals surface area contributed by atoms with Gasteiger partial charge in [-0.2, -0.15) is 0 Å². The zero-order valence-corrected chi connectivity index (χ0v) is 16.3. The summed E-state index contributed by atoms with van der Waals surface area (Å²) in [5.41, 5.74) is 1.86. The van der Waals surface area contributed by atoms with Crippen LogP contribution in [0, 0.1) is 6.92 Å². The Bertz CT molecular complexity index is 1170. The van der Waals surface area contributed by atoms with Crippen molar-refractivity contribution < 1.29 is 4.79 Å². The third kappa shape index (κ3) is 2.85. The molecule has 1 aliphatic heterocycles. The van der Waals surface area contributed by atoms with Crippen molar-refractivity contribution in [2.75, 3.05) is 6.54 Å². The third-order valence-corrected chi connectivity index (χ3v) is 5.53. The predicted molar refractivity (Wildman–Crippen MR) is 105 cm³/mol. The lowest BCUT2D eigenvalue weighted by Gasteiger charge is -2.25. The number of hydrogen-bond acceptors (Lipinski definition) is 4. The summed E-state index contributed by atoms with van der Waals surface area (Å²) in [6, 6.07) is 8.13. The first-order valence-electron chi connectivity index (χ1n) is 9.35. The average molecular weight is 381 g/mol. The molecule has 4 rings (SSSR count). The van der Waals surface area contributed by atoms with Gasteiger partial charge in [0, 0.05) is 20.6 Å². The number of aryl methyl sites for hydroxylation is 3. The van der Waals surface area contributed by atoms with Crippen molar-refractivity contribution in [1.82, 2.24) is 23.6 Å². The van der Waals surface area contributed by atoms with Crippen LogP contribution in [-0.4, -0.2) is 36.0 Å². The van der Waals surface area contributed by atoms with E-state index in [0.717, 1.165) is 23.0 Å². The van der Waals surface area contributed by atoms with Gasteiger partial charge in [0.1, 0.15) is 6.54 Å². The molecule has 1 atom stereocenters. The van der Waals surface area contributed by atoms with Gasteiger partial charge in [0.25, 0.3) is 5.56 Å². The molecule has 1 fully saturated rings. The lowest BCUT2D eigenvalue weighted by atomic mass is 10.0. The summed E-state index contributed by atoms with van der Waals surface area (Å²) >= 11 is 0. The van der Waals surface area contributed by atoms with Crippen molar-refractivity contribution in [3.63, 3.8) is 0 Å². The number of fused-ring (bicyclic) bond motifs is 1. The second-order valence-electron chi connectivity index (χ2n) is 7.42. The molecule has 0 spiro atoms. The van der Waals surface area contributed by atoms with E-state index in [1.54, 1.807) is 23.6 Å². The Morgan fingerprint density at radius 3 is 2.61 bits per heavy atom. The van der Waals surface area contributed by atoms with Crippen LogP contribution in [0.1, 0.15) is 30.0 Å². The number of hydrogen-bond donors (Lipinski definition) is 0. The van der Waals surface area contributed by atoms with Crippen LogP contribution in [0.5, 0.6) is 0 Å². The molecule has 8 heteroatoms. The standard InChI is InChI=1S/C20H23N5O3/c1-13-6-8-14(9-7-13)15-5-4-10-24(15)16(26)11-25-19(27)17-18(21-12-22(17)2)23(3)20(25)28/h6-9,12,15H,4-5,10-11H2,1-3H3. The van der Waals surface area contributed by atoms with Gasteiger partial charge in [0.15, 0.2) is 11.2 Å². The van der Waals surface area contributed by atoms with E-state index in [-0.39, 0.29) is 18.5 Å². The quantitative estimate of drug-likeness (QED) is 0.680. The molecule has 1 aromatic carbocycles. The van der Waals surface area contributed by atoms with Gasteiger partial charge >= 0.3 is 5.69 Å². The molecule has 8 nitrogen and oxygen atoms in total. The smallest absolute Gasteiger partial charge is 0.332 e. The summed E-state index contributed by atoms with van der Waals surface area (Å²) in [5.74, 6) is -0.219. The molecule has 146 valence electrons. The summed E-state index contributed by atoms with van der Waals surface area (Å²) in [5, 5.41) is 0. The molecule has 0 N–H and O–H groups in total. The summed E-state index contributed by atoms with van der Waals surface area (Å²) in [4.78, 5) is 44.4. The number of aromatic nitrogens is 4. The molecule has 1 aliphatic rings. The van der Waals surface area contributed by atoms with Gasteiger partial charge in [-0.05, 0) is 25.3 Å². The molecule has 1 saturated heterocycles. The molecule has 1 amide bonds. The van der Waals surface area contributed by atoms with E-state index in [2.05, 4.69) is 4.98 Å². The SMILES string of the molecule is Cc1ccc(C2CCCN2C(=O)Cn2c(=O)c3c(ncn3C)n(C)c2=O)cc1. The maximum absolute atomic E-state index is 13.0. The van der Waals surface area contributed by atoms with Crippen molar-refractivity contribution in [2.24, 2.45) is 14.1 Å². The monoisotopic (exact) mass is 381 g/mol. The molecule has 0 aliphatic carbocycles. The molecule has 28 heavy (non-hydrogen) atoms. The van der Waals surface area contributed by atoms with Crippen molar-refractivity contribution in [3.05, 3.63) is 62.6 Å². The predicted octanol–water partition coefficient (Wildman–Crippen LogP) is 1.11. The van der Waals surface area contributed by atoms with E-state index in [0.29, 0.717) is 17.7 Å². The molecule has 0 bridgehead atoms. The molecule has 3 heterocycles. The Kier molecular flexibility index (Phi) is 4.41. The van der Waals surface area contributed by atoms with E-state index in [9.17, 15) is 14.4 Å². The number of carbonyl (C=O) groups is 1. The molecule has 1 unspecified atom stereocenters. The summed E-state index contributed by atoms with van der Waals surface area (Å²) in [7, 11) is 3.25. The Balaban J connectivity index is 1.68. The minimum atomic E-state index is -0.532. The maximum atomic E-state index is 13.0. The highest BCUT2D eigenvalue weighted by atomic mass is 16.2. The second-order valence-corrected chi connectivity index (χ2v) is 7.42. The van der Waals surface area contributed by atoms with E-state index in [1.165, 1.54) is 16.5 Å². The second kappa shape index (κ2) is 6.78. The summed E-state index contributed by atoms with van der Waals surface area (Å²) < 4.78 is 3.89. The van der Waals surface area contributed by atoms with Gasteiger partial charge < -0.3 is 9.47 Å². The fourth-order valence-corrected chi connectivity index (χ4v) is 3.96. The van der Waals surface area contributed by atoms with E-state index >= 15 is 0 Å². The van der Waals surface area contributed by atoms with Crippen LogP contribution in [0.15, 0.2) is 40.2 Å². The van der Waals surface area contributed by atoms with Gasteiger partial charge in [0.2, 0.25) is 5.91 Å². The third-order valence-electron chi connectivity index (χ3n) is 5.53. The molecule has 3 aromatic rings. The normalized spacial score (nSPS) is 16.8. The van der Waals surface area contributed by atoms with Crippen LogP contribution in [0.3, 0.4) is 0 Å². The number of benzene rings is 1. The highest BCUT2D eigenvalue weighted by molar-refractivity contribution is 5.77. The Labute approximate surface area is 161 Å². The maximum Gasteiger partial charge on any atom is 0.332 e. The highest BCUT2D eigenvalue weighted by Crippen LogP contribution is 2.32. The highest BCUT2D eigenvalue weighted by Gasteiger charge is 2.30. The molecule has 0 radical (unpaired) electrons. The van der Waals surface area contributed by atoms with Crippen LogP contribution >= 0.6 is 0 Å². The number of imidazole rings is 1. The lowest BCUT2D eigenvalue weighted by molar-refractivity contribution is -0.132. The van der Waals surface area contributed by atoms with E-state index in [4.69, 9.17) is 0 Å². The average Bonchev–Trinajstić information content (AvgIpc) is 3.31. The minimum Gasteiger partial charge on any atom is -0.334 e. The molecular weight excluding hydrogens is 358 g/mol. The first-order chi connectivity index (χ1) is 13.4. The topological polar surface area (TPSA) is 82.1 Å². The number of carbonyl (C=O) groups excluding carboxylic acids is 1. The fourth-order valence-electron chi connectivity index (χ4n) is 3.96. The first-order valence-corrected chi connectivity index (χ1v) is 9.35. The van der Waals surface area contributed by atoms with Crippen LogP contribution in [0.2, 0.25) is 0 Å². The fraction of sp³-hybridized carbons (Fsp3) is 0.400. The van der Waals surface area contributed by atoms with Gasteiger partial charge in [-0.25, -0.2) is 14.3 Å². The van der Waals surface area contributed by atoms with Gasteiger partial charge in [-0.15, -0.1) is 0 Å². The van der Waals surface area contributed by atoms with Crippen molar-refractivity contribution in [1.29, 1.82) is 0 Å². The molecular formula is C20H23N5O3. The van der Waals surface area contributed by atoms with E-state index < -0.39 is 11.2 Å². The Hall–Kier alpha value is -3.16. The number of amides is 1. The van der Waals surface area contributed by atoms with Crippen LogP contribution in [-0.2, 0) is 25.4 Å². The van der Waals surface area contributed by atoms with Gasteiger partial charge in [-0.1, -0.05) is 29.8 Å². The van der Waals surface area contributed by atoms with Crippen LogP contribution in [0.4, 0.5) is 0 Å². The molecule has 0 saturated carbocycles. The van der Waals surface area contributed by atoms with Crippen LogP contribution in [0.25, 0.3) is 11.2 Å². The number of rotatable bonds is 3. The zero-order chi connectivity index (χ0) is 20.0. The van der Waals surface area contributed by atoms with Gasteiger partial charge in [-0.3, -0.25) is 14.2 Å². The Morgan fingerprint density at radius 1 is 1.18 bits per heavy atom. The largest absolute Gasteiger partial charge is 0.334 e. The Morgan fingerprint density at radius 2 is 1.89 bits per heavy atom. The zero-order valence-electron chi connectivity index (χ0n) is 16.3.